The Hall–Kier alpha value is -2.62. The van der Waals surface area contributed by atoms with Crippen LogP contribution in [0, 0.1) is 0 Å². The van der Waals surface area contributed by atoms with Crippen molar-refractivity contribution in [1.82, 2.24) is 10.0 Å². The van der Waals surface area contributed by atoms with Crippen LogP contribution in [0.1, 0.15) is 22.3 Å². The number of hydrogen-bond donors (Lipinski definition) is 2. The van der Waals surface area contributed by atoms with E-state index in [2.05, 4.69) is 10.0 Å². The first-order valence-corrected chi connectivity index (χ1v) is 10.2. The second kappa shape index (κ2) is 9.05. The maximum atomic E-state index is 12.6. The smallest absolute Gasteiger partial charge is 0.251 e. The van der Waals surface area contributed by atoms with Crippen LogP contribution in [0.4, 0.5) is 0 Å². The predicted octanol–water partition coefficient (Wildman–Crippen LogP) is 1.66. The highest BCUT2D eigenvalue weighted by molar-refractivity contribution is 7.89. The van der Waals surface area contributed by atoms with Crippen LogP contribution in [0.3, 0.4) is 0 Å². The molecule has 2 N–H and O–H groups in total. The molecule has 28 heavy (non-hydrogen) atoms. The fraction of sp³-hybridized carbons (Fsp3) is 0.316. The highest BCUT2D eigenvalue weighted by atomic mass is 32.2. The number of carbonyl (C=O) groups is 1. The lowest BCUT2D eigenvalue weighted by Crippen LogP contribution is -2.26. The van der Waals surface area contributed by atoms with Gasteiger partial charge in [-0.3, -0.25) is 4.79 Å². The van der Waals surface area contributed by atoms with Gasteiger partial charge in [0.05, 0.1) is 4.90 Å². The lowest BCUT2D eigenvalue weighted by atomic mass is 10.2. The van der Waals surface area contributed by atoms with Crippen molar-refractivity contribution in [2.75, 3.05) is 27.1 Å². The van der Waals surface area contributed by atoms with Gasteiger partial charge in [-0.15, -0.1) is 0 Å². The van der Waals surface area contributed by atoms with E-state index in [0.29, 0.717) is 31.1 Å². The van der Waals surface area contributed by atoms with E-state index in [1.54, 1.807) is 37.4 Å². The molecule has 1 aliphatic rings. The summed E-state index contributed by atoms with van der Waals surface area (Å²) in [5, 5.41) is 2.73. The monoisotopic (exact) mass is 406 g/mol. The Labute approximate surface area is 163 Å². The molecule has 0 saturated heterocycles. The van der Waals surface area contributed by atoms with E-state index in [1.165, 1.54) is 12.1 Å². The van der Waals surface area contributed by atoms with Gasteiger partial charge in [-0.1, -0.05) is 12.1 Å². The van der Waals surface area contributed by atoms with Gasteiger partial charge in [-0.25, -0.2) is 13.1 Å². The number of hydrogen-bond acceptors (Lipinski definition) is 6. The third-order valence-electron chi connectivity index (χ3n) is 4.12. The maximum absolute atomic E-state index is 12.6. The SMILES string of the molecule is COCCCNC(=O)c1cccc(S(=O)(=O)NCc2ccc3c(c2)OCO3)c1. The van der Waals surface area contributed by atoms with Gasteiger partial charge in [-0.05, 0) is 42.3 Å². The zero-order valence-corrected chi connectivity index (χ0v) is 16.3. The average Bonchev–Trinajstić information content (AvgIpc) is 3.17. The van der Waals surface area contributed by atoms with Gasteiger partial charge in [0.15, 0.2) is 11.5 Å². The molecule has 0 fully saturated rings. The number of methoxy groups -OCH3 is 1. The van der Waals surface area contributed by atoms with Gasteiger partial charge >= 0.3 is 0 Å². The van der Waals surface area contributed by atoms with E-state index in [0.717, 1.165) is 5.56 Å². The predicted molar refractivity (Wildman–Crippen MR) is 102 cm³/mol. The Balaban J connectivity index is 1.64. The summed E-state index contributed by atoms with van der Waals surface area (Å²) in [5.74, 6) is 0.892. The number of sulfonamides is 1. The number of fused-ring (bicyclic) bond motifs is 1. The Morgan fingerprint density at radius 2 is 1.96 bits per heavy atom. The molecule has 1 aliphatic heterocycles. The van der Waals surface area contributed by atoms with E-state index in [4.69, 9.17) is 14.2 Å². The zero-order chi connectivity index (χ0) is 20.0. The van der Waals surface area contributed by atoms with Crippen LogP contribution in [0.25, 0.3) is 0 Å². The van der Waals surface area contributed by atoms with Crippen molar-refractivity contribution in [3.05, 3.63) is 53.6 Å². The fourth-order valence-electron chi connectivity index (χ4n) is 2.64. The van der Waals surface area contributed by atoms with E-state index in [-0.39, 0.29) is 29.7 Å². The van der Waals surface area contributed by atoms with Crippen molar-refractivity contribution < 1.29 is 27.4 Å². The normalized spacial score (nSPS) is 12.8. The molecular weight excluding hydrogens is 384 g/mol. The molecule has 150 valence electrons. The van der Waals surface area contributed by atoms with E-state index in [1.807, 2.05) is 0 Å². The Kier molecular flexibility index (Phi) is 6.50. The summed E-state index contributed by atoms with van der Waals surface area (Å²) < 4.78 is 43.2. The average molecular weight is 406 g/mol. The summed E-state index contributed by atoms with van der Waals surface area (Å²) in [7, 11) is -2.19. The first-order valence-electron chi connectivity index (χ1n) is 8.75. The minimum atomic E-state index is -3.78. The van der Waals surface area contributed by atoms with Crippen molar-refractivity contribution in [1.29, 1.82) is 0 Å². The molecule has 0 bridgehead atoms. The Bertz CT molecular complexity index is 945. The molecule has 2 aromatic carbocycles. The van der Waals surface area contributed by atoms with Crippen molar-refractivity contribution in [3.8, 4) is 11.5 Å². The van der Waals surface area contributed by atoms with E-state index < -0.39 is 10.0 Å². The van der Waals surface area contributed by atoms with E-state index in [9.17, 15) is 13.2 Å². The summed E-state index contributed by atoms with van der Waals surface area (Å²) in [6.45, 7) is 1.24. The molecule has 3 rings (SSSR count). The van der Waals surface area contributed by atoms with Gasteiger partial charge in [-0.2, -0.15) is 0 Å². The maximum Gasteiger partial charge on any atom is 0.251 e. The molecule has 1 heterocycles. The third-order valence-corrected chi connectivity index (χ3v) is 5.52. The lowest BCUT2D eigenvalue weighted by molar-refractivity contribution is 0.0948. The number of rotatable bonds is 9. The molecule has 0 aromatic heterocycles. The minimum absolute atomic E-state index is 0.0257. The van der Waals surface area contributed by atoms with Gasteiger partial charge in [0.25, 0.3) is 5.91 Å². The van der Waals surface area contributed by atoms with Crippen LogP contribution in [-0.4, -0.2) is 41.4 Å². The highest BCUT2D eigenvalue weighted by Gasteiger charge is 2.18. The number of amides is 1. The summed E-state index contributed by atoms with van der Waals surface area (Å²) in [4.78, 5) is 12.2. The number of carbonyl (C=O) groups excluding carboxylic acids is 1. The number of ether oxygens (including phenoxy) is 3. The number of benzene rings is 2. The molecular formula is C19H22N2O6S. The van der Waals surface area contributed by atoms with Gasteiger partial charge in [0, 0.05) is 32.4 Å². The quantitative estimate of drug-likeness (QED) is 0.614. The molecule has 0 atom stereocenters. The third kappa shape index (κ3) is 5.00. The van der Waals surface area contributed by atoms with Crippen LogP contribution in [-0.2, 0) is 21.3 Å². The van der Waals surface area contributed by atoms with Gasteiger partial charge in [0.1, 0.15) is 0 Å². The lowest BCUT2D eigenvalue weighted by Gasteiger charge is -2.09. The summed E-state index contributed by atoms with van der Waals surface area (Å²) in [6.07, 6.45) is 0.678. The summed E-state index contributed by atoms with van der Waals surface area (Å²) in [5.41, 5.74) is 1.02. The van der Waals surface area contributed by atoms with Crippen LogP contribution in [0.2, 0.25) is 0 Å². The zero-order valence-electron chi connectivity index (χ0n) is 15.4. The standard InChI is InChI=1S/C19H22N2O6S/c1-25-9-3-8-20-19(22)15-4-2-5-16(11-15)28(23,24)21-12-14-6-7-17-18(10-14)27-13-26-17/h2,4-7,10-11,21H,3,8-9,12-13H2,1H3,(H,20,22). The molecule has 0 aliphatic carbocycles. The molecule has 0 spiro atoms. The minimum Gasteiger partial charge on any atom is -0.454 e. The first kappa shape index (κ1) is 20.1. The largest absolute Gasteiger partial charge is 0.454 e. The topological polar surface area (TPSA) is 103 Å². The second-order valence-electron chi connectivity index (χ2n) is 6.14. The summed E-state index contributed by atoms with van der Waals surface area (Å²) >= 11 is 0. The highest BCUT2D eigenvalue weighted by Crippen LogP contribution is 2.32. The second-order valence-corrected chi connectivity index (χ2v) is 7.91. The van der Waals surface area contributed by atoms with Crippen LogP contribution >= 0.6 is 0 Å². The Morgan fingerprint density at radius 1 is 1.14 bits per heavy atom. The molecule has 0 saturated carbocycles. The van der Waals surface area contributed by atoms with Crippen LogP contribution < -0.4 is 19.5 Å². The molecule has 8 nitrogen and oxygen atoms in total. The number of nitrogens with one attached hydrogen (secondary N) is 2. The van der Waals surface area contributed by atoms with Crippen molar-refractivity contribution in [3.63, 3.8) is 0 Å². The first-order chi connectivity index (χ1) is 13.5. The van der Waals surface area contributed by atoms with Crippen molar-refractivity contribution >= 4 is 15.9 Å². The van der Waals surface area contributed by atoms with Gasteiger partial charge < -0.3 is 19.5 Å². The van der Waals surface area contributed by atoms with Crippen LogP contribution in [0.15, 0.2) is 47.4 Å². The Morgan fingerprint density at radius 3 is 2.79 bits per heavy atom. The molecule has 2 aromatic rings. The van der Waals surface area contributed by atoms with Crippen LogP contribution in [0.5, 0.6) is 11.5 Å². The fourth-order valence-corrected chi connectivity index (χ4v) is 3.70. The van der Waals surface area contributed by atoms with E-state index >= 15 is 0 Å². The molecule has 1 amide bonds. The molecule has 9 heteroatoms. The van der Waals surface area contributed by atoms with Crippen molar-refractivity contribution in [2.45, 2.75) is 17.9 Å². The molecule has 0 unspecified atom stereocenters. The molecule has 0 radical (unpaired) electrons. The van der Waals surface area contributed by atoms with Gasteiger partial charge in [0.2, 0.25) is 16.8 Å². The summed E-state index contributed by atoms with van der Waals surface area (Å²) in [6, 6.07) is 11.1. The van der Waals surface area contributed by atoms with Crippen molar-refractivity contribution in [2.24, 2.45) is 0 Å².